The van der Waals surface area contributed by atoms with Crippen LogP contribution in [-0.2, 0) is 11.3 Å². The summed E-state index contributed by atoms with van der Waals surface area (Å²) in [5.74, 6) is 0.787. The summed E-state index contributed by atoms with van der Waals surface area (Å²) in [6, 6.07) is 0. The van der Waals surface area contributed by atoms with Crippen molar-refractivity contribution in [3.05, 3.63) is 18.1 Å². The summed E-state index contributed by atoms with van der Waals surface area (Å²) in [4.78, 5) is 8.42. The summed E-state index contributed by atoms with van der Waals surface area (Å²) in [6.07, 6.45) is 3.45. The summed E-state index contributed by atoms with van der Waals surface area (Å²) in [7, 11) is 3.55. The quantitative estimate of drug-likeness (QED) is 0.639. The van der Waals surface area contributed by atoms with Crippen molar-refractivity contribution in [2.24, 2.45) is 0 Å². The average Bonchev–Trinajstić information content (AvgIpc) is 2.19. The van der Waals surface area contributed by atoms with Crippen LogP contribution in [-0.4, -0.2) is 37.3 Å². The van der Waals surface area contributed by atoms with Crippen LogP contribution in [0.4, 0.5) is 5.82 Å². The van der Waals surface area contributed by atoms with E-state index in [9.17, 15) is 0 Å². The standard InChI is InChI=1S/C9H16N4O/c1-10-5-8-6-11-7-9(13-8)12-3-4-14-2/h6-7,10H,3-5H2,1-2H3,(H,12,13). The molecule has 0 fully saturated rings. The fourth-order valence-electron chi connectivity index (χ4n) is 1.04. The molecule has 0 bridgehead atoms. The first-order valence-electron chi connectivity index (χ1n) is 4.55. The summed E-state index contributed by atoms with van der Waals surface area (Å²) >= 11 is 0. The van der Waals surface area contributed by atoms with E-state index in [1.165, 1.54) is 0 Å². The number of aromatic nitrogens is 2. The molecule has 0 saturated heterocycles. The number of anilines is 1. The minimum atomic E-state index is 0.665. The number of hydrogen-bond donors (Lipinski definition) is 2. The molecule has 1 rings (SSSR count). The SMILES string of the molecule is CNCc1cncc(NCCOC)n1. The predicted octanol–water partition coefficient (Wildman–Crippen LogP) is 0.254. The first kappa shape index (κ1) is 10.9. The molecular weight excluding hydrogens is 180 g/mol. The molecule has 0 aromatic carbocycles. The molecule has 14 heavy (non-hydrogen) atoms. The van der Waals surface area contributed by atoms with Crippen LogP contribution in [0, 0.1) is 0 Å². The van der Waals surface area contributed by atoms with Crippen LogP contribution < -0.4 is 10.6 Å². The maximum Gasteiger partial charge on any atom is 0.144 e. The van der Waals surface area contributed by atoms with E-state index in [-0.39, 0.29) is 0 Å². The number of methoxy groups -OCH3 is 1. The smallest absolute Gasteiger partial charge is 0.144 e. The van der Waals surface area contributed by atoms with Crippen LogP contribution in [0.2, 0.25) is 0 Å². The van der Waals surface area contributed by atoms with Crippen molar-refractivity contribution in [1.29, 1.82) is 0 Å². The van der Waals surface area contributed by atoms with Gasteiger partial charge in [-0.1, -0.05) is 0 Å². The fraction of sp³-hybridized carbons (Fsp3) is 0.556. The average molecular weight is 196 g/mol. The first-order chi connectivity index (χ1) is 6.86. The van der Waals surface area contributed by atoms with E-state index >= 15 is 0 Å². The molecular formula is C9H16N4O. The van der Waals surface area contributed by atoms with Crippen LogP contribution in [0.1, 0.15) is 5.69 Å². The molecule has 2 N–H and O–H groups in total. The second-order valence-corrected chi connectivity index (χ2v) is 2.85. The molecule has 1 aromatic heterocycles. The molecule has 78 valence electrons. The van der Waals surface area contributed by atoms with Crippen molar-refractivity contribution < 1.29 is 4.74 Å². The third kappa shape index (κ3) is 3.68. The highest BCUT2D eigenvalue weighted by atomic mass is 16.5. The third-order valence-electron chi connectivity index (χ3n) is 1.65. The van der Waals surface area contributed by atoms with E-state index in [2.05, 4.69) is 20.6 Å². The Kier molecular flexibility index (Phi) is 4.88. The van der Waals surface area contributed by atoms with Crippen LogP contribution in [0.3, 0.4) is 0 Å². The molecule has 0 radical (unpaired) electrons. The summed E-state index contributed by atoms with van der Waals surface area (Å²) < 4.78 is 4.92. The Balaban J connectivity index is 2.46. The van der Waals surface area contributed by atoms with E-state index in [0.717, 1.165) is 24.6 Å². The second-order valence-electron chi connectivity index (χ2n) is 2.85. The molecule has 0 saturated carbocycles. The van der Waals surface area contributed by atoms with Gasteiger partial charge in [0.1, 0.15) is 5.82 Å². The lowest BCUT2D eigenvalue weighted by atomic mass is 10.4. The van der Waals surface area contributed by atoms with Crippen molar-refractivity contribution >= 4 is 5.82 Å². The van der Waals surface area contributed by atoms with E-state index in [0.29, 0.717) is 6.61 Å². The lowest BCUT2D eigenvalue weighted by Crippen LogP contribution is -2.12. The zero-order valence-electron chi connectivity index (χ0n) is 8.58. The highest BCUT2D eigenvalue weighted by Gasteiger charge is 1.96. The van der Waals surface area contributed by atoms with Gasteiger partial charge in [0, 0.05) is 26.4 Å². The molecule has 0 aliphatic carbocycles. The van der Waals surface area contributed by atoms with Gasteiger partial charge in [-0.2, -0.15) is 0 Å². The van der Waals surface area contributed by atoms with Crippen molar-refractivity contribution in [1.82, 2.24) is 15.3 Å². The van der Waals surface area contributed by atoms with Gasteiger partial charge >= 0.3 is 0 Å². The topological polar surface area (TPSA) is 59.1 Å². The highest BCUT2D eigenvalue weighted by molar-refractivity contribution is 5.31. The summed E-state index contributed by atoms with van der Waals surface area (Å²) in [6.45, 7) is 2.14. The van der Waals surface area contributed by atoms with Crippen molar-refractivity contribution in [2.75, 3.05) is 32.6 Å². The Hall–Kier alpha value is -1.20. The largest absolute Gasteiger partial charge is 0.383 e. The fourth-order valence-corrected chi connectivity index (χ4v) is 1.04. The Morgan fingerprint density at radius 3 is 3.00 bits per heavy atom. The molecule has 0 amide bonds. The van der Waals surface area contributed by atoms with Gasteiger partial charge in [-0.15, -0.1) is 0 Å². The lowest BCUT2D eigenvalue weighted by Gasteiger charge is -2.05. The van der Waals surface area contributed by atoms with Crippen molar-refractivity contribution in [3.63, 3.8) is 0 Å². The zero-order chi connectivity index (χ0) is 10.2. The van der Waals surface area contributed by atoms with Crippen LogP contribution in [0.15, 0.2) is 12.4 Å². The maximum absolute atomic E-state index is 4.92. The Morgan fingerprint density at radius 1 is 1.43 bits per heavy atom. The minimum Gasteiger partial charge on any atom is -0.383 e. The normalized spacial score (nSPS) is 10.1. The Labute approximate surface area is 83.9 Å². The number of nitrogens with zero attached hydrogens (tertiary/aromatic N) is 2. The van der Waals surface area contributed by atoms with Gasteiger partial charge in [-0.05, 0) is 7.05 Å². The van der Waals surface area contributed by atoms with Crippen LogP contribution in [0.25, 0.3) is 0 Å². The molecule has 0 aliphatic rings. The third-order valence-corrected chi connectivity index (χ3v) is 1.65. The zero-order valence-corrected chi connectivity index (χ0v) is 8.58. The van der Waals surface area contributed by atoms with E-state index in [4.69, 9.17) is 4.74 Å². The maximum atomic E-state index is 4.92. The van der Waals surface area contributed by atoms with E-state index < -0.39 is 0 Å². The lowest BCUT2D eigenvalue weighted by molar-refractivity contribution is 0.210. The van der Waals surface area contributed by atoms with Crippen LogP contribution in [0.5, 0.6) is 0 Å². The number of nitrogens with one attached hydrogen (secondary N) is 2. The molecule has 0 spiro atoms. The van der Waals surface area contributed by atoms with Gasteiger partial charge < -0.3 is 15.4 Å². The molecule has 0 atom stereocenters. The van der Waals surface area contributed by atoms with Crippen LogP contribution >= 0.6 is 0 Å². The second kappa shape index (κ2) is 6.28. The summed E-state index contributed by atoms with van der Waals surface area (Å²) in [5, 5.41) is 6.14. The molecule has 5 nitrogen and oxygen atoms in total. The van der Waals surface area contributed by atoms with E-state index in [1.54, 1.807) is 19.5 Å². The van der Waals surface area contributed by atoms with Gasteiger partial charge in [0.25, 0.3) is 0 Å². The Morgan fingerprint density at radius 2 is 2.29 bits per heavy atom. The molecule has 5 heteroatoms. The minimum absolute atomic E-state index is 0.665. The molecule has 1 aromatic rings. The van der Waals surface area contributed by atoms with Gasteiger partial charge in [-0.25, -0.2) is 4.98 Å². The first-order valence-corrected chi connectivity index (χ1v) is 4.55. The van der Waals surface area contributed by atoms with Gasteiger partial charge in [-0.3, -0.25) is 4.98 Å². The van der Waals surface area contributed by atoms with Gasteiger partial charge in [0.2, 0.25) is 0 Å². The van der Waals surface area contributed by atoms with Gasteiger partial charge in [0.15, 0.2) is 0 Å². The predicted molar refractivity (Wildman–Crippen MR) is 55.2 cm³/mol. The van der Waals surface area contributed by atoms with Gasteiger partial charge in [0.05, 0.1) is 18.5 Å². The summed E-state index contributed by atoms with van der Waals surface area (Å²) in [5.41, 5.74) is 0.926. The Bertz CT molecular complexity index is 267. The number of hydrogen-bond acceptors (Lipinski definition) is 5. The number of rotatable bonds is 6. The monoisotopic (exact) mass is 196 g/mol. The number of ether oxygens (including phenoxy) is 1. The van der Waals surface area contributed by atoms with Crippen molar-refractivity contribution in [3.8, 4) is 0 Å². The molecule has 0 unspecified atom stereocenters. The highest BCUT2D eigenvalue weighted by Crippen LogP contribution is 2.00. The van der Waals surface area contributed by atoms with Crippen molar-refractivity contribution in [2.45, 2.75) is 6.54 Å². The molecule has 0 aliphatic heterocycles. The van der Waals surface area contributed by atoms with E-state index in [1.807, 2.05) is 7.05 Å². The molecule has 1 heterocycles.